The fourth-order valence-electron chi connectivity index (χ4n) is 1.72. The van der Waals surface area contributed by atoms with Crippen LogP contribution in [0.5, 0.6) is 0 Å². The summed E-state index contributed by atoms with van der Waals surface area (Å²) in [7, 11) is 3.26. The minimum atomic E-state index is -0.891. The number of amides is 1. The number of aromatic nitrogens is 2. The van der Waals surface area contributed by atoms with Crippen molar-refractivity contribution < 1.29 is 14.7 Å². The highest BCUT2D eigenvalue weighted by Crippen LogP contribution is 2.34. The predicted octanol–water partition coefficient (Wildman–Crippen LogP) is 0.453. The molecular weight excluding hydrogens is 248 g/mol. The molecule has 0 bridgehead atoms. The first-order chi connectivity index (χ1) is 8.99. The Labute approximate surface area is 110 Å². The van der Waals surface area contributed by atoms with Crippen LogP contribution in [0.3, 0.4) is 0 Å². The Morgan fingerprint density at radius 3 is 2.47 bits per heavy atom. The monoisotopic (exact) mass is 264 g/mol. The molecule has 1 atom stereocenters. The van der Waals surface area contributed by atoms with Gasteiger partial charge in [-0.05, 0) is 30.9 Å². The van der Waals surface area contributed by atoms with Crippen LogP contribution in [-0.2, 0) is 4.79 Å². The number of carboxylic acids is 1. The van der Waals surface area contributed by atoms with Gasteiger partial charge in [-0.2, -0.15) is 0 Å². The molecule has 0 saturated heterocycles. The summed E-state index contributed by atoms with van der Waals surface area (Å²) in [6.07, 6.45) is 1.82. The van der Waals surface area contributed by atoms with Crippen LogP contribution in [0.1, 0.15) is 23.3 Å². The number of carbonyl (C=O) groups is 2. The minimum Gasteiger partial charge on any atom is -0.480 e. The molecule has 7 nitrogen and oxygen atoms in total. The first kappa shape index (κ1) is 13.3. The molecule has 0 spiro atoms. The Morgan fingerprint density at radius 2 is 2.05 bits per heavy atom. The van der Waals surface area contributed by atoms with Gasteiger partial charge in [0.1, 0.15) is 11.9 Å². The third-order valence-electron chi connectivity index (χ3n) is 2.95. The Hall–Kier alpha value is -2.18. The van der Waals surface area contributed by atoms with Gasteiger partial charge in [0.05, 0.1) is 0 Å². The molecule has 2 rings (SSSR count). The van der Waals surface area contributed by atoms with Crippen molar-refractivity contribution in [1.82, 2.24) is 15.1 Å². The maximum atomic E-state index is 11.6. The van der Waals surface area contributed by atoms with E-state index in [1.54, 1.807) is 20.2 Å². The number of hydrogen-bond donors (Lipinski definition) is 2. The number of anilines is 1. The smallest absolute Gasteiger partial charge is 0.326 e. The highest BCUT2D eigenvalue weighted by Gasteiger charge is 2.36. The normalized spacial score (nSPS) is 15.7. The molecular formula is C12H16N4O3. The summed E-state index contributed by atoms with van der Waals surface area (Å²) in [6, 6.07) is 2.47. The van der Waals surface area contributed by atoms with Crippen LogP contribution in [0.4, 0.5) is 5.82 Å². The molecule has 7 heteroatoms. The van der Waals surface area contributed by atoms with Crippen molar-refractivity contribution in [3.8, 4) is 0 Å². The zero-order valence-electron chi connectivity index (χ0n) is 10.8. The number of nitrogens with zero attached hydrogens (tertiary/aromatic N) is 3. The van der Waals surface area contributed by atoms with Crippen molar-refractivity contribution in [3.05, 3.63) is 17.8 Å². The molecule has 1 aliphatic rings. The number of carboxylic acid groups (broad SMARTS) is 1. The number of carbonyl (C=O) groups excluding carboxylic acids is 1. The third kappa shape index (κ3) is 3.18. The van der Waals surface area contributed by atoms with E-state index in [4.69, 9.17) is 5.11 Å². The molecule has 1 amide bonds. The molecule has 1 heterocycles. The van der Waals surface area contributed by atoms with Crippen molar-refractivity contribution in [2.45, 2.75) is 18.9 Å². The summed E-state index contributed by atoms with van der Waals surface area (Å²) < 4.78 is 0. The van der Waals surface area contributed by atoms with Gasteiger partial charge in [-0.1, -0.05) is 0 Å². The van der Waals surface area contributed by atoms with E-state index in [1.165, 1.54) is 11.0 Å². The molecule has 1 aliphatic carbocycles. The largest absolute Gasteiger partial charge is 0.480 e. The van der Waals surface area contributed by atoms with Gasteiger partial charge in [0.25, 0.3) is 5.91 Å². The van der Waals surface area contributed by atoms with Crippen LogP contribution in [-0.4, -0.2) is 52.2 Å². The molecule has 1 aromatic rings. The Kier molecular flexibility index (Phi) is 3.64. The zero-order chi connectivity index (χ0) is 14.0. The lowest BCUT2D eigenvalue weighted by molar-refractivity contribution is -0.138. The van der Waals surface area contributed by atoms with E-state index in [9.17, 15) is 9.59 Å². The van der Waals surface area contributed by atoms with Gasteiger partial charge in [-0.25, -0.2) is 4.79 Å². The highest BCUT2D eigenvalue weighted by atomic mass is 16.4. The Bertz CT molecular complexity index is 482. The van der Waals surface area contributed by atoms with E-state index in [0.29, 0.717) is 5.82 Å². The molecule has 1 aromatic heterocycles. The van der Waals surface area contributed by atoms with Gasteiger partial charge in [0.15, 0.2) is 5.69 Å². The van der Waals surface area contributed by atoms with Crippen molar-refractivity contribution in [1.29, 1.82) is 0 Å². The van der Waals surface area contributed by atoms with Crippen molar-refractivity contribution in [3.63, 3.8) is 0 Å². The second kappa shape index (κ2) is 5.21. The first-order valence-corrected chi connectivity index (χ1v) is 6.03. The van der Waals surface area contributed by atoms with E-state index in [-0.39, 0.29) is 17.5 Å². The molecule has 0 aliphatic heterocycles. The molecule has 2 N–H and O–H groups in total. The SMILES string of the molecule is CN(C)C(=O)c1ccc(NC(C(=O)O)C2CC2)nn1. The molecule has 1 fully saturated rings. The standard InChI is InChI=1S/C12H16N4O3/c1-16(2)11(17)8-5-6-9(15-14-8)13-10(12(18)19)7-3-4-7/h5-7,10H,3-4H2,1-2H3,(H,13,15)(H,18,19). The summed E-state index contributed by atoms with van der Waals surface area (Å²) in [6.45, 7) is 0. The van der Waals surface area contributed by atoms with Crippen LogP contribution in [0.25, 0.3) is 0 Å². The maximum absolute atomic E-state index is 11.6. The first-order valence-electron chi connectivity index (χ1n) is 6.03. The summed E-state index contributed by atoms with van der Waals surface area (Å²) >= 11 is 0. The second-order valence-corrected chi connectivity index (χ2v) is 4.80. The van der Waals surface area contributed by atoms with Crippen molar-refractivity contribution >= 4 is 17.7 Å². The van der Waals surface area contributed by atoms with Crippen LogP contribution >= 0.6 is 0 Å². The van der Waals surface area contributed by atoms with Crippen LogP contribution in [0.15, 0.2) is 12.1 Å². The summed E-state index contributed by atoms with van der Waals surface area (Å²) in [4.78, 5) is 24.1. The van der Waals surface area contributed by atoms with E-state index >= 15 is 0 Å². The Balaban J connectivity index is 2.05. The summed E-state index contributed by atoms with van der Waals surface area (Å²) in [5, 5.41) is 19.6. The topological polar surface area (TPSA) is 95.4 Å². The van der Waals surface area contributed by atoms with E-state index < -0.39 is 12.0 Å². The van der Waals surface area contributed by atoms with Crippen molar-refractivity contribution in [2.24, 2.45) is 5.92 Å². The highest BCUT2D eigenvalue weighted by molar-refractivity contribution is 5.91. The van der Waals surface area contributed by atoms with E-state index in [0.717, 1.165) is 12.8 Å². The van der Waals surface area contributed by atoms with Crippen molar-refractivity contribution in [2.75, 3.05) is 19.4 Å². The number of aliphatic carboxylic acids is 1. The van der Waals surface area contributed by atoms with Crippen LogP contribution in [0.2, 0.25) is 0 Å². The molecule has 1 saturated carbocycles. The number of hydrogen-bond acceptors (Lipinski definition) is 5. The maximum Gasteiger partial charge on any atom is 0.326 e. The molecule has 1 unspecified atom stereocenters. The third-order valence-corrected chi connectivity index (χ3v) is 2.95. The van der Waals surface area contributed by atoms with Crippen LogP contribution in [0, 0.1) is 5.92 Å². The quantitative estimate of drug-likeness (QED) is 0.802. The molecule has 0 aromatic carbocycles. The molecule has 19 heavy (non-hydrogen) atoms. The minimum absolute atomic E-state index is 0.155. The van der Waals surface area contributed by atoms with E-state index in [2.05, 4.69) is 15.5 Å². The predicted molar refractivity (Wildman–Crippen MR) is 67.8 cm³/mol. The second-order valence-electron chi connectivity index (χ2n) is 4.80. The van der Waals surface area contributed by atoms with E-state index in [1.807, 2.05) is 0 Å². The fraction of sp³-hybridized carbons (Fsp3) is 0.500. The average Bonchev–Trinajstić information content (AvgIpc) is 3.19. The number of nitrogens with one attached hydrogen (secondary N) is 1. The summed E-state index contributed by atoms with van der Waals surface area (Å²) in [5.41, 5.74) is 0.230. The zero-order valence-corrected chi connectivity index (χ0v) is 10.8. The number of rotatable bonds is 5. The Morgan fingerprint density at radius 1 is 1.37 bits per heavy atom. The molecule has 102 valence electrons. The van der Waals surface area contributed by atoms with Crippen LogP contribution < -0.4 is 5.32 Å². The average molecular weight is 264 g/mol. The summed E-state index contributed by atoms with van der Waals surface area (Å²) in [5.74, 6) is -0.606. The van der Waals surface area contributed by atoms with Gasteiger partial charge < -0.3 is 15.3 Å². The van der Waals surface area contributed by atoms with Gasteiger partial charge in [-0.15, -0.1) is 10.2 Å². The van der Waals surface area contributed by atoms with Gasteiger partial charge >= 0.3 is 5.97 Å². The molecule has 0 radical (unpaired) electrons. The lowest BCUT2D eigenvalue weighted by Crippen LogP contribution is -2.32. The van der Waals surface area contributed by atoms with Gasteiger partial charge in [0, 0.05) is 14.1 Å². The lowest BCUT2D eigenvalue weighted by Gasteiger charge is -2.14. The van der Waals surface area contributed by atoms with Gasteiger partial charge in [-0.3, -0.25) is 4.79 Å². The fourth-order valence-corrected chi connectivity index (χ4v) is 1.72. The lowest BCUT2D eigenvalue weighted by atomic mass is 10.2. The van der Waals surface area contributed by atoms with Gasteiger partial charge in [0.2, 0.25) is 0 Å².